The van der Waals surface area contributed by atoms with Crippen LogP contribution in [0.2, 0.25) is 0 Å². The molecule has 38 heavy (non-hydrogen) atoms. The van der Waals surface area contributed by atoms with Gasteiger partial charge in [0.2, 0.25) is 5.88 Å². The van der Waals surface area contributed by atoms with Gasteiger partial charge in [-0.3, -0.25) is 9.69 Å². The third-order valence-electron chi connectivity index (χ3n) is 7.48. The van der Waals surface area contributed by atoms with E-state index in [1.54, 1.807) is 13.0 Å². The van der Waals surface area contributed by atoms with Gasteiger partial charge in [0.25, 0.3) is 0 Å². The summed E-state index contributed by atoms with van der Waals surface area (Å²) in [6.07, 6.45) is 2.65. The summed E-state index contributed by atoms with van der Waals surface area (Å²) in [5.74, 6) is -0.664. The molecule has 6 nitrogen and oxygen atoms in total. The molecule has 1 saturated heterocycles. The molecule has 2 aromatic carbocycles. The molecule has 8 heteroatoms. The largest absolute Gasteiger partial charge is 0.485 e. The molecule has 0 bridgehead atoms. The fourth-order valence-corrected chi connectivity index (χ4v) is 5.33. The maximum Gasteiger partial charge on any atom is 0.306 e. The Labute approximate surface area is 221 Å². The maximum atomic E-state index is 14.9. The van der Waals surface area contributed by atoms with E-state index in [1.807, 2.05) is 36.4 Å². The number of aliphatic carboxylic acids is 1. The second kappa shape index (κ2) is 11.1. The van der Waals surface area contributed by atoms with Gasteiger partial charge >= 0.3 is 5.97 Å². The molecule has 1 aromatic heterocycles. The highest BCUT2D eigenvalue weighted by Gasteiger charge is 2.26. The van der Waals surface area contributed by atoms with Crippen LogP contribution in [0.15, 0.2) is 48.7 Å². The van der Waals surface area contributed by atoms with Crippen molar-refractivity contribution in [1.29, 1.82) is 0 Å². The van der Waals surface area contributed by atoms with Gasteiger partial charge in [0.1, 0.15) is 23.8 Å². The number of likely N-dealkylation sites (tertiary alicyclic amines) is 1. The number of carboxylic acids is 1. The first-order chi connectivity index (χ1) is 18.3. The van der Waals surface area contributed by atoms with Crippen LogP contribution >= 0.6 is 0 Å². The van der Waals surface area contributed by atoms with Crippen LogP contribution in [-0.2, 0) is 24.2 Å². The van der Waals surface area contributed by atoms with E-state index in [4.69, 9.17) is 9.47 Å². The number of ether oxygens (including phenoxy) is 2. The normalized spacial score (nSPS) is 20.0. The Morgan fingerprint density at radius 3 is 2.79 bits per heavy atom. The van der Waals surface area contributed by atoms with Gasteiger partial charge in [-0.25, -0.2) is 13.8 Å². The molecule has 1 N–H and O–H groups in total. The highest BCUT2D eigenvalue weighted by Crippen LogP contribution is 2.38. The lowest BCUT2D eigenvalue weighted by atomic mass is 9.91. The molecule has 3 atom stereocenters. The van der Waals surface area contributed by atoms with Gasteiger partial charge in [0.05, 0.1) is 19.2 Å². The van der Waals surface area contributed by atoms with Gasteiger partial charge in [-0.1, -0.05) is 37.3 Å². The highest BCUT2D eigenvalue weighted by atomic mass is 19.1. The summed E-state index contributed by atoms with van der Waals surface area (Å²) in [6, 6.07) is 13.4. The molecule has 2 aliphatic rings. The number of aryl methyl sites for hydroxylation is 1. The molecule has 3 aromatic rings. The SMILES string of the molecule is COc1cc(-c2ccc(C3CCc4ccc(CC(C)C(=O)O)cc4O3)cc2CN2CCC(F)C2)c(F)cn1. The number of carboxylic acid groups (broad SMARTS) is 1. The second-order valence-electron chi connectivity index (χ2n) is 10.3. The predicted molar refractivity (Wildman–Crippen MR) is 140 cm³/mol. The standard InChI is InChI=1S/C30H32F2N2O4/c1-18(30(35)36)11-19-3-4-20-6-8-27(38-28(20)12-19)21-5-7-24(25-14-29(37-2)33-15-26(25)32)22(13-21)16-34-10-9-23(31)17-34/h3-5,7,12-15,18,23,27H,6,8-11,16-17H2,1-2H3,(H,35,36). The smallest absolute Gasteiger partial charge is 0.306 e. The molecule has 1 fully saturated rings. The lowest BCUT2D eigenvalue weighted by molar-refractivity contribution is -0.141. The maximum absolute atomic E-state index is 14.9. The minimum atomic E-state index is -0.851. The number of hydrogen-bond acceptors (Lipinski definition) is 5. The van der Waals surface area contributed by atoms with Crippen molar-refractivity contribution in [2.75, 3.05) is 20.2 Å². The Bertz CT molecular complexity index is 1330. The molecule has 0 radical (unpaired) electrons. The van der Waals surface area contributed by atoms with Crippen molar-refractivity contribution in [2.45, 2.75) is 51.4 Å². The lowest BCUT2D eigenvalue weighted by Crippen LogP contribution is -2.21. The van der Waals surface area contributed by atoms with E-state index in [1.165, 1.54) is 7.11 Å². The lowest BCUT2D eigenvalue weighted by Gasteiger charge is -2.28. The number of methoxy groups -OCH3 is 1. The van der Waals surface area contributed by atoms with Crippen molar-refractivity contribution in [1.82, 2.24) is 9.88 Å². The third kappa shape index (κ3) is 5.65. The zero-order chi connectivity index (χ0) is 26.8. The second-order valence-corrected chi connectivity index (χ2v) is 10.3. The van der Waals surface area contributed by atoms with Crippen molar-refractivity contribution >= 4 is 5.97 Å². The van der Waals surface area contributed by atoms with Gasteiger partial charge in [0, 0.05) is 31.3 Å². The van der Waals surface area contributed by atoms with Crippen LogP contribution in [0.25, 0.3) is 11.1 Å². The van der Waals surface area contributed by atoms with E-state index < -0.39 is 23.9 Å². The first-order valence-corrected chi connectivity index (χ1v) is 13.0. The van der Waals surface area contributed by atoms with E-state index in [0.717, 1.165) is 52.6 Å². The van der Waals surface area contributed by atoms with Crippen molar-refractivity contribution in [3.8, 4) is 22.8 Å². The molecular formula is C30H32F2N2O4. The number of carbonyl (C=O) groups is 1. The third-order valence-corrected chi connectivity index (χ3v) is 7.48. The quantitative estimate of drug-likeness (QED) is 0.405. The summed E-state index contributed by atoms with van der Waals surface area (Å²) < 4.78 is 40.5. The van der Waals surface area contributed by atoms with Crippen molar-refractivity contribution < 1.29 is 28.2 Å². The van der Waals surface area contributed by atoms with E-state index in [9.17, 15) is 18.7 Å². The minimum Gasteiger partial charge on any atom is -0.485 e. The summed E-state index contributed by atoms with van der Waals surface area (Å²) in [7, 11) is 1.49. The summed E-state index contributed by atoms with van der Waals surface area (Å²) >= 11 is 0. The average Bonchev–Trinajstić information content (AvgIpc) is 3.33. The Morgan fingerprint density at radius 2 is 2.05 bits per heavy atom. The van der Waals surface area contributed by atoms with Crippen LogP contribution < -0.4 is 9.47 Å². The van der Waals surface area contributed by atoms with E-state index in [0.29, 0.717) is 43.9 Å². The molecule has 3 unspecified atom stereocenters. The van der Waals surface area contributed by atoms with Gasteiger partial charge < -0.3 is 14.6 Å². The Balaban J connectivity index is 1.45. The molecule has 0 saturated carbocycles. The first kappa shape index (κ1) is 26.1. The van der Waals surface area contributed by atoms with E-state index in [2.05, 4.69) is 9.88 Å². The molecule has 0 aliphatic carbocycles. The predicted octanol–water partition coefficient (Wildman–Crippen LogP) is 5.77. The molecule has 3 heterocycles. The summed E-state index contributed by atoms with van der Waals surface area (Å²) in [4.78, 5) is 17.3. The van der Waals surface area contributed by atoms with Crippen LogP contribution in [0.3, 0.4) is 0 Å². The van der Waals surface area contributed by atoms with E-state index in [-0.39, 0.29) is 6.10 Å². The number of alkyl halides is 1. The molecule has 0 spiro atoms. The Kier molecular flexibility index (Phi) is 7.61. The van der Waals surface area contributed by atoms with Crippen molar-refractivity contribution in [2.24, 2.45) is 5.92 Å². The summed E-state index contributed by atoms with van der Waals surface area (Å²) in [5.41, 5.74) is 4.99. The fraction of sp³-hybridized carbons (Fsp3) is 0.400. The summed E-state index contributed by atoms with van der Waals surface area (Å²) in [6.45, 7) is 3.20. The molecule has 0 amide bonds. The number of nitrogens with zero attached hydrogens (tertiary/aromatic N) is 2. The number of aromatic nitrogens is 1. The minimum absolute atomic E-state index is 0.202. The van der Waals surface area contributed by atoms with Crippen molar-refractivity contribution in [3.63, 3.8) is 0 Å². The van der Waals surface area contributed by atoms with Crippen LogP contribution in [0.1, 0.15) is 48.1 Å². The molecule has 200 valence electrons. The van der Waals surface area contributed by atoms with Crippen LogP contribution in [-0.4, -0.2) is 47.3 Å². The number of fused-ring (bicyclic) bond motifs is 1. The number of halogens is 2. The molecule has 2 aliphatic heterocycles. The van der Waals surface area contributed by atoms with Crippen molar-refractivity contribution in [3.05, 3.63) is 76.7 Å². The number of pyridine rings is 1. The average molecular weight is 523 g/mol. The van der Waals surface area contributed by atoms with Crippen LogP contribution in [0.4, 0.5) is 8.78 Å². The first-order valence-electron chi connectivity index (χ1n) is 13.0. The fourth-order valence-electron chi connectivity index (χ4n) is 5.33. The molecular weight excluding hydrogens is 490 g/mol. The number of hydrogen-bond donors (Lipinski definition) is 1. The van der Waals surface area contributed by atoms with Gasteiger partial charge in [-0.15, -0.1) is 0 Å². The van der Waals surface area contributed by atoms with Crippen LogP contribution in [0, 0.1) is 11.7 Å². The monoisotopic (exact) mass is 522 g/mol. The highest BCUT2D eigenvalue weighted by molar-refractivity contribution is 5.70. The zero-order valence-corrected chi connectivity index (χ0v) is 21.6. The summed E-state index contributed by atoms with van der Waals surface area (Å²) in [5, 5.41) is 9.28. The van der Waals surface area contributed by atoms with Crippen LogP contribution in [0.5, 0.6) is 11.6 Å². The topological polar surface area (TPSA) is 71.9 Å². The van der Waals surface area contributed by atoms with Gasteiger partial charge in [-0.2, -0.15) is 0 Å². The number of benzene rings is 2. The number of rotatable bonds is 8. The van der Waals surface area contributed by atoms with E-state index >= 15 is 0 Å². The zero-order valence-electron chi connectivity index (χ0n) is 21.6. The van der Waals surface area contributed by atoms with Gasteiger partial charge in [-0.05, 0) is 59.6 Å². The Hall–Kier alpha value is -3.52. The molecule has 5 rings (SSSR count). The Morgan fingerprint density at radius 1 is 1.21 bits per heavy atom. The van der Waals surface area contributed by atoms with Gasteiger partial charge in [0.15, 0.2) is 0 Å².